The van der Waals surface area contributed by atoms with Crippen LogP contribution >= 0.6 is 0 Å². The smallest absolute Gasteiger partial charge is 0.407 e. The SMILES string of the molecule is CCc1ccc(-c2ccc(NC(C#N)C(Cc3c[nH]c4ccccc34)NC(=O)OC(C)(C)C)c(C(=O)OC)c2)cc1. The summed E-state index contributed by atoms with van der Waals surface area (Å²) in [7, 11) is 1.32. The molecule has 0 aliphatic rings. The molecule has 0 bridgehead atoms. The number of nitrogens with one attached hydrogen (secondary N) is 3. The fourth-order valence-electron chi connectivity index (χ4n) is 4.70. The van der Waals surface area contributed by atoms with Gasteiger partial charge in [-0.1, -0.05) is 55.5 Å². The summed E-state index contributed by atoms with van der Waals surface area (Å²) in [6, 6.07) is 22.1. The maximum absolute atomic E-state index is 12.9. The van der Waals surface area contributed by atoms with Gasteiger partial charge in [-0.05, 0) is 74.1 Å². The van der Waals surface area contributed by atoms with Crippen LogP contribution in [0.25, 0.3) is 22.0 Å². The number of aromatic nitrogens is 1. The van der Waals surface area contributed by atoms with Gasteiger partial charge in [0.05, 0.1) is 24.8 Å². The van der Waals surface area contributed by atoms with Gasteiger partial charge >= 0.3 is 12.1 Å². The highest BCUT2D eigenvalue weighted by Crippen LogP contribution is 2.28. The summed E-state index contributed by atoms with van der Waals surface area (Å²) in [4.78, 5) is 29.0. The first kappa shape index (κ1) is 29.2. The van der Waals surface area contributed by atoms with Gasteiger partial charge in [0.2, 0.25) is 0 Å². The van der Waals surface area contributed by atoms with E-state index in [1.807, 2.05) is 48.7 Å². The molecule has 3 aromatic carbocycles. The van der Waals surface area contributed by atoms with E-state index in [0.29, 0.717) is 12.1 Å². The molecule has 0 aliphatic heterocycles. The molecule has 0 spiro atoms. The highest BCUT2D eigenvalue weighted by Gasteiger charge is 2.28. The first-order valence-electron chi connectivity index (χ1n) is 13.6. The second kappa shape index (κ2) is 12.6. The summed E-state index contributed by atoms with van der Waals surface area (Å²) < 4.78 is 10.6. The van der Waals surface area contributed by atoms with Gasteiger partial charge in [0, 0.05) is 22.8 Å². The van der Waals surface area contributed by atoms with E-state index in [2.05, 4.69) is 40.7 Å². The van der Waals surface area contributed by atoms with Gasteiger partial charge in [0.25, 0.3) is 0 Å². The molecule has 212 valence electrons. The summed E-state index contributed by atoms with van der Waals surface area (Å²) in [6.45, 7) is 7.43. The maximum atomic E-state index is 12.9. The van der Waals surface area contributed by atoms with E-state index in [1.54, 1.807) is 32.9 Å². The Bertz CT molecular complexity index is 1560. The zero-order chi connectivity index (χ0) is 29.6. The number of esters is 1. The van der Waals surface area contributed by atoms with Crippen molar-refractivity contribution in [2.45, 2.75) is 58.2 Å². The third-order valence-electron chi connectivity index (χ3n) is 6.79. The monoisotopic (exact) mass is 552 g/mol. The molecule has 1 aromatic heterocycles. The van der Waals surface area contributed by atoms with Gasteiger partial charge in [-0.25, -0.2) is 9.59 Å². The first-order chi connectivity index (χ1) is 19.6. The second-order valence-corrected chi connectivity index (χ2v) is 10.9. The molecule has 8 heteroatoms. The lowest BCUT2D eigenvalue weighted by Gasteiger charge is -2.27. The quantitative estimate of drug-likeness (QED) is 0.201. The minimum absolute atomic E-state index is 0.285. The first-order valence-corrected chi connectivity index (χ1v) is 13.6. The van der Waals surface area contributed by atoms with E-state index in [1.165, 1.54) is 12.7 Å². The molecule has 41 heavy (non-hydrogen) atoms. The third kappa shape index (κ3) is 7.25. The number of hydrogen-bond acceptors (Lipinski definition) is 6. The number of amides is 1. The largest absolute Gasteiger partial charge is 0.465 e. The van der Waals surface area contributed by atoms with E-state index < -0.39 is 29.7 Å². The highest BCUT2D eigenvalue weighted by molar-refractivity contribution is 5.97. The van der Waals surface area contributed by atoms with E-state index in [9.17, 15) is 14.9 Å². The number of carbonyl (C=O) groups excluding carboxylic acids is 2. The van der Waals surface area contributed by atoms with Crippen molar-refractivity contribution in [1.82, 2.24) is 10.3 Å². The molecular weight excluding hydrogens is 516 g/mol. The highest BCUT2D eigenvalue weighted by atomic mass is 16.6. The number of nitrogens with zero attached hydrogens (tertiary/aromatic N) is 1. The van der Waals surface area contributed by atoms with Crippen LogP contribution in [-0.4, -0.2) is 41.8 Å². The minimum Gasteiger partial charge on any atom is -0.465 e. The molecule has 1 amide bonds. The van der Waals surface area contributed by atoms with Crippen LogP contribution in [0.3, 0.4) is 0 Å². The number of fused-ring (bicyclic) bond motifs is 1. The van der Waals surface area contributed by atoms with Gasteiger partial charge < -0.3 is 25.1 Å². The van der Waals surface area contributed by atoms with Crippen LogP contribution in [0.5, 0.6) is 0 Å². The number of benzene rings is 3. The van der Waals surface area contributed by atoms with Gasteiger partial charge in [0.15, 0.2) is 0 Å². The summed E-state index contributed by atoms with van der Waals surface area (Å²) in [6.07, 6.45) is 2.51. The average Bonchev–Trinajstić information content (AvgIpc) is 3.37. The van der Waals surface area contributed by atoms with Crippen LogP contribution in [0, 0.1) is 11.3 Å². The number of hydrogen-bond donors (Lipinski definition) is 3. The van der Waals surface area contributed by atoms with Crippen LogP contribution in [-0.2, 0) is 22.3 Å². The summed E-state index contributed by atoms with van der Waals surface area (Å²) in [5.41, 5.74) is 4.90. The molecule has 3 N–H and O–H groups in total. The van der Waals surface area contributed by atoms with Gasteiger partial charge in [-0.15, -0.1) is 0 Å². The molecule has 2 unspecified atom stereocenters. The number of aryl methyl sites for hydroxylation is 1. The Balaban J connectivity index is 1.67. The fourth-order valence-corrected chi connectivity index (χ4v) is 4.70. The number of alkyl carbamates (subject to hydrolysis) is 1. The Morgan fingerprint density at radius 3 is 2.39 bits per heavy atom. The van der Waals surface area contributed by atoms with Crippen LogP contribution in [0.2, 0.25) is 0 Å². The number of rotatable bonds is 9. The summed E-state index contributed by atoms with van der Waals surface area (Å²) in [5, 5.41) is 17.4. The van der Waals surface area contributed by atoms with Gasteiger partial charge in [0.1, 0.15) is 11.6 Å². The second-order valence-electron chi connectivity index (χ2n) is 10.9. The summed E-state index contributed by atoms with van der Waals surface area (Å²) in [5.74, 6) is -0.538. The molecule has 2 atom stereocenters. The predicted molar refractivity (Wildman–Crippen MR) is 161 cm³/mol. The molecular formula is C33H36N4O4. The number of anilines is 1. The molecule has 0 radical (unpaired) electrons. The molecule has 1 heterocycles. The maximum Gasteiger partial charge on any atom is 0.407 e. The Morgan fingerprint density at radius 2 is 1.73 bits per heavy atom. The zero-order valence-electron chi connectivity index (χ0n) is 24.1. The van der Waals surface area contributed by atoms with Crippen molar-refractivity contribution in [3.05, 3.63) is 89.6 Å². The van der Waals surface area contributed by atoms with Gasteiger partial charge in [-0.2, -0.15) is 5.26 Å². The number of carbonyl (C=O) groups is 2. The number of para-hydroxylation sites is 1. The number of H-pyrrole nitrogens is 1. The van der Waals surface area contributed by atoms with Crippen molar-refractivity contribution >= 4 is 28.7 Å². The van der Waals surface area contributed by atoms with E-state index in [0.717, 1.165) is 34.0 Å². The topological polar surface area (TPSA) is 116 Å². The lowest BCUT2D eigenvalue weighted by atomic mass is 9.97. The molecule has 0 saturated heterocycles. The van der Waals surface area contributed by atoms with E-state index in [-0.39, 0.29) is 5.56 Å². The molecule has 4 rings (SSSR count). The Labute approximate surface area is 240 Å². The standard InChI is InChI=1S/C33H36N4O4/c1-6-21-11-13-22(14-12-21)23-15-16-28(26(17-23)31(38)40-5)36-30(19-34)29(37-32(39)41-33(2,3)4)18-24-20-35-27-10-8-7-9-25(24)27/h7-17,20,29-30,35-36H,6,18H2,1-5H3,(H,37,39). The Hall–Kier alpha value is -4.77. The van der Waals surface area contributed by atoms with Crippen molar-refractivity contribution < 1.29 is 19.1 Å². The summed E-state index contributed by atoms with van der Waals surface area (Å²) >= 11 is 0. The van der Waals surface area contributed by atoms with Crippen LogP contribution < -0.4 is 10.6 Å². The lowest BCUT2D eigenvalue weighted by Crippen LogP contribution is -2.49. The van der Waals surface area contributed by atoms with Crippen molar-refractivity contribution in [2.24, 2.45) is 0 Å². The van der Waals surface area contributed by atoms with Crippen LogP contribution in [0.15, 0.2) is 72.9 Å². The number of nitriles is 1. The zero-order valence-corrected chi connectivity index (χ0v) is 24.1. The van der Waals surface area contributed by atoms with Crippen LogP contribution in [0.4, 0.5) is 10.5 Å². The Kier molecular flexibility index (Phi) is 8.98. The normalized spacial score (nSPS) is 12.7. The van der Waals surface area contributed by atoms with Crippen molar-refractivity contribution in [3.8, 4) is 17.2 Å². The molecule has 4 aromatic rings. The van der Waals surface area contributed by atoms with E-state index in [4.69, 9.17) is 9.47 Å². The van der Waals surface area contributed by atoms with Crippen LogP contribution in [0.1, 0.15) is 49.2 Å². The van der Waals surface area contributed by atoms with Crippen molar-refractivity contribution in [2.75, 3.05) is 12.4 Å². The van der Waals surface area contributed by atoms with Crippen molar-refractivity contribution in [3.63, 3.8) is 0 Å². The molecule has 0 fully saturated rings. The molecule has 8 nitrogen and oxygen atoms in total. The molecule has 0 aliphatic carbocycles. The Morgan fingerprint density at radius 1 is 1.02 bits per heavy atom. The third-order valence-corrected chi connectivity index (χ3v) is 6.79. The van der Waals surface area contributed by atoms with Crippen molar-refractivity contribution in [1.29, 1.82) is 5.26 Å². The molecule has 0 saturated carbocycles. The number of aromatic amines is 1. The minimum atomic E-state index is -0.908. The van der Waals surface area contributed by atoms with E-state index >= 15 is 0 Å². The predicted octanol–water partition coefficient (Wildman–Crippen LogP) is 6.62. The van der Waals surface area contributed by atoms with Gasteiger partial charge in [-0.3, -0.25) is 0 Å². The lowest BCUT2D eigenvalue weighted by molar-refractivity contribution is 0.0501. The fraction of sp³-hybridized carbons (Fsp3) is 0.303. The average molecular weight is 553 g/mol. The number of methoxy groups -OCH3 is 1. The number of ether oxygens (including phenoxy) is 2.